The van der Waals surface area contributed by atoms with E-state index in [4.69, 9.17) is 5.11 Å². The fraction of sp³-hybridized carbons (Fsp3) is 0.333. The third kappa shape index (κ3) is 5.97. The number of rotatable bonds is 6. The molecule has 0 saturated carbocycles. The molecule has 0 amide bonds. The smallest absolute Gasteiger partial charge is 0.478 e. The fourth-order valence-corrected chi connectivity index (χ4v) is 1.08. The molecule has 15 heavy (non-hydrogen) atoms. The van der Waals surface area contributed by atoms with Crippen molar-refractivity contribution in [2.75, 3.05) is 14.2 Å². The third-order valence-electron chi connectivity index (χ3n) is 0.953. The van der Waals surface area contributed by atoms with E-state index in [2.05, 4.69) is 18.6 Å². The van der Waals surface area contributed by atoms with Crippen LogP contribution in [0.5, 0.6) is 0 Å². The van der Waals surface area contributed by atoms with Gasteiger partial charge in [0.15, 0.2) is 0 Å². The SMILES string of the molecule is COOP(=O)(OC)OC(=O)/C=C\C(=O)O. The summed E-state index contributed by atoms with van der Waals surface area (Å²) in [4.78, 5) is 24.9. The van der Waals surface area contributed by atoms with Crippen molar-refractivity contribution in [3.63, 3.8) is 0 Å². The van der Waals surface area contributed by atoms with Gasteiger partial charge in [0.25, 0.3) is 0 Å². The molecule has 0 aromatic rings. The molecule has 0 spiro atoms. The molecule has 0 radical (unpaired) electrons. The van der Waals surface area contributed by atoms with Gasteiger partial charge in [0.05, 0.1) is 7.11 Å². The predicted octanol–water partition coefficient (Wildman–Crippen LogP) is 0.503. The molecule has 1 N–H and O–H groups in total. The van der Waals surface area contributed by atoms with E-state index in [0.717, 1.165) is 14.2 Å². The van der Waals surface area contributed by atoms with E-state index >= 15 is 0 Å². The predicted molar refractivity (Wildman–Crippen MR) is 45.6 cm³/mol. The van der Waals surface area contributed by atoms with Crippen molar-refractivity contribution in [3.8, 4) is 0 Å². The normalized spacial score (nSPS) is 14.8. The van der Waals surface area contributed by atoms with Crippen LogP contribution in [0.3, 0.4) is 0 Å². The zero-order valence-electron chi connectivity index (χ0n) is 7.91. The van der Waals surface area contributed by atoms with Gasteiger partial charge in [-0.05, 0) is 0 Å². The van der Waals surface area contributed by atoms with Crippen molar-refractivity contribution in [3.05, 3.63) is 12.2 Å². The molecule has 0 heterocycles. The van der Waals surface area contributed by atoms with Crippen LogP contribution in [0.25, 0.3) is 0 Å². The molecular formula is C6H9O8P. The molecule has 0 aliphatic rings. The Morgan fingerprint density at radius 1 is 1.27 bits per heavy atom. The van der Waals surface area contributed by atoms with E-state index in [-0.39, 0.29) is 0 Å². The van der Waals surface area contributed by atoms with E-state index in [1.165, 1.54) is 0 Å². The monoisotopic (exact) mass is 240 g/mol. The lowest BCUT2D eigenvalue weighted by atomic mass is 10.5. The van der Waals surface area contributed by atoms with Crippen LogP contribution in [-0.2, 0) is 32.8 Å². The highest BCUT2D eigenvalue weighted by Crippen LogP contribution is 2.48. The van der Waals surface area contributed by atoms with Crippen molar-refractivity contribution in [1.29, 1.82) is 0 Å². The van der Waals surface area contributed by atoms with Gasteiger partial charge < -0.3 is 9.63 Å². The first-order valence-electron chi connectivity index (χ1n) is 3.46. The highest BCUT2D eigenvalue weighted by molar-refractivity contribution is 7.48. The molecule has 0 fully saturated rings. The molecule has 0 aromatic heterocycles. The third-order valence-corrected chi connectivity index (χ3v) is 2.14. The van der Waals surface area contributed by atoms with Crippen LogP contribution in [0.1, 0.15) is 0 Å². The lowest BCUT2D eigenvalue weighted by Crippen LogP contribution is -2.03. The summed E-state index contributed by atoms with van der Waals surface area (Å²) in [6.45, 7) is 0. The van der Waals surface area contributed by atoms with Crippen molar-refractivity contribution in [2.45, 2.75) is 0 Å². The first kappa shape index (κ1) is 13.8. The van der Waals surface area contributed by atoms with Crippen LogP contribution in [-0.4, -0.2) is 31.3 Å². The number of carbonyl (C=O) groups is 2. The summed E-state index contributed by atoms with van der Waals surface area (Å²) in [7, 11) is -2.13. The van der Waals surface area contributed by atoms with E-state index in [1.807, 2.05) is 0 Å². The zero-order chi connectivity index (χ0) is 11.9. The van der Waals surface area contributed by atoms with Crippen LogP contribution < -0.4 is 0 Å². The Hall–Kier alpha value is -1.21. The summed E-state index contributed by atoms with van der Waals surface area (Å²) in [5, 5.41) is 8.17. The van der Waals surface area contributed by atoms with Gasteiger partial charge in [-0.1, -0.05) is 0 Å². The average Bonchev–Trinajstić information content (AvgIpc) is 2.15. The van der Waals surface area contributed by atoms with Crippen LogP contribution in [0.15, 0.2) is 12.2 Å². The molecule has 0 aromatic carbocycles. The van der Waals surface area contributed by atoms with Crippen molar-refractivity contribution in [1.82, 2.24) is 0 Å². The maximum absolute atomic E-state index is 11.2. The second-order valence-corrected chi connectivity index (χ2v) is 3.54. The van der Waals surface area contributed by atoms with Gasteiger partial charge in [-0.2, -0.15) is 0 Å². The Morgan fingerprint density at radius 3 is 2.27 bits per heavy atom. The zero-order valence-corrected chi connectivity index (χ0v) is 8.80. The largest absolute Gasteiger partial charge is 0.559 e. The van der Waals surface area contributed by atoms with E-state index in [9.17, 15) is 14.2 Å². The van der Waals surface area contributed by atoms with Gasteiger partial charge in [-0.15, -0.1) is 4.67 Å². The lowest BCUT2D eigenvalue weighted by Gasteiger charge is -2.10. The summed E-state index contributed by atoms with van der Waals surface area (Å²) in [6.07, 6.45) is 1.06. The number of aliphatic carboxylic acids is 1. The molecule has 0 rings (SSSR count). The number of hydrogen-bond donors (Lipinski definition) is 1. The Kier molecular flexibility index (Phi) is 5.80. The number of phosphoric ester groups is 1. The van der Waals surface area contributed by atoms with Gasteiger partial charge in [0.2, 0.25) is 0 Å². The van der Waals surface area contributed by atoms with Gasteiger partial charge in [0.1, 0.15) is 0 Å². The second kappa shape index (κ2) is 6.31. The second-order valence-electron chi connectivity index (χ2n) is 1.95. The number of hydrogen-bond acceptors (Lipinski definition) is 7. The quantitative estimate of drug-likeness (QED) is 0.309. The maximum atomic E-state index is 11.2. The Balaban J connectivity index is 4.37. The molecule has 0 saturated heterocycles. The standard InChI is InChI=1S/C6H9O8P/c1-11-14-15(10,12-2)13-6(9)4-3-5(7)8/h3-4H,1-2H3,(H,7,8)/b4-3-. The minimum atomic E-state index is -4.13. The number of carboxylic acid groups (broad SMARTS) is 1. The van der Waals surface area contributed by atoms with Gasteiger partial charge in [0, 0.05) is 19.3 Å². The summed E-state index contributed by atoms with van der Waals surface area (Å²) in [5.41, 5.74) is 0. The lowest BCUT2D eigenvalue weighted by molar-refractivity contribution is -0.200. The molecule has 0 bridgehead atoms. The number of phosphoric acid groups is 1. The maximum Gasteiger partial charge on any atom is 0.559 e. The molecule has 86 valence electrons. The van der Waals surface area contributed by atoms with Gasteiger partial charge >= 0.3 is 19.8 Å². The summed E-state index contributed by atoms with van der Waals surface area (Å²) in [5.74, 6) is -2.55. The average molecular weight is 240 g/mol. The Labute approximate surface area is 84.9 Å². The first-order chi connectivity index (χ1) is 6.93. The van der Waals surface area contributed by atoms with Crippen molar-refractivity contribution in [2.24, 2.45) is 0 Å². The van der Waals surface area contributed by atoms with E-state index in [0.29, 0.717) is 12.2 Å². The number of carbonyl (C=O) groups excluding carboxylic acids is 1. The van der Waals surface area contributed by atoms with Gasteiger partial charge in [-0.3, -0.25) is 4.52 Å². The molecular weight excluding hydrogens is 231 g/mol. The van der Waals surface area contributed by atoms with Crippen molar-refractivity contribution < 1.29 is 37.9 Å². The minimum Gasteiger partial charge on any atom is -0.478 e. The minimum absolute atomic E-state index is 0.509. The fourth-order valence-electron chi connectivity index (χ4n) is 0.454. The summed E-state index contributed by atoms with van der Waals surface area (Å²) in [6, 6.07) is 0. The molecule has 9 heteroatoms. The van der Waals surface area contributed by atoms with Gasteiger partial charge in [-0.25, -0.2) is 19.0 Å². The molecule has 1 unspecified atom stereocenters. The topological polar surface area (TPSA) is 108 Å². The molecule has 8 nitrogen and oxygen atoms in total. The highest BCUT2D eigenvalue weighted by Gasteiger charge is 2.30. The van der Waals surface area contributed by atoms with E-state index in [1.54, 1.807) is 0 Å². The van der Waals surface area contributed by atoms with Crippen molar-refractivity contribution >= 4 is 19.8 Å². The molecule has 0 aliphatic heterocycles. The van der Waals surface area contributed by atoms with E-state index < -0.39 is 19.8 Å². The molecule has 0 aliphatic carbocycles. The van der Waals surface area contributed by atoms with Crippen LogP contribution in [0.2, 0.25) is 0 Å². The van der Waals surface area contributed by atoms with Crippen LogP contribution >= 0.6 is 7.82 Å². The number of carboxylic acids is 1. The Morgan fingerprint density at radius 2 is 1.87 bits per heavy atom. The highest BCUT2D eigenvalue weighted by atomic mass is 31.2. The van der Waals surface area contributed by atoms with Crippen LogP contribution in [0, 0.1) is 0 Å². The summed E-state index contributed by atoms with van der Waals surface area (Å²) < 4.78 is 23.7. The first-order valence-corrected chi connectivity index (χ1v) is 4.92. The molecule has 1 atom stereocenters. The Bertz CT molecular complexity index is 308. The van der Waals surface area contributed by atoms with Crippen LogP contribution in [0.4, 0.5) is 0 Å². The summed E-state index contributed by atoms with van der Waals surface area (Å²) >= 11 is 0.